The van der Waals surface area contributed by atoms with Gasteiger partial charge in [-0.05, 0) is 55.5 Å². The predicted octanol–water partition coefficient (Wildman–Crippen LogP) is 1.61. The second kappa shape index (κ2) is 8.34. The summed E-state index contributed by atoms with van der Waals surface area (Å²) in [7, 11) is 1.56. The number of nitrogens with one attached hydrogen (secondary N) is 1. The van der Waals surface area contributed by atoms with Gasteiger partial charge < -0.3 is 15.8 Å². The first-order valence-corrected chi connectivity index (χ1v) is 8.70. The van der Waals surface area contributed by atoms with Gasteiger partial charge in [0.2, 0.25) is 11.8 Å². The summed E-state index contributed by atoms with van der Waals surface area (Å²) in [5.41, 5.74) is 6.42. The van der Waals surface area contributed by atoms with E-state index in [1.807, 2.05) is 0 Å². The van der Waals surface area contributed by atoms with E-state index in [1.165, 1.54) is 25.3 Å². The molecule has 3 N–H and O–H groups in total. The topological polar surface area (TPSA) is 129 Å². The number of ether oxygens (including phenoxy) is 1. The highest BCUT2D eigenvalue weighted by molar-refractivity contribution is 5.95. The average molecular weight is 393 g/mol. The molecule has 0 aliphatic rings. The number of hydrogen-bond acceptors (Lipinski definition) is 6. The molecule has 0 bridgehead atoms. The number of aromatic nitrogens is 3. The summed E-state index contributed by atoms with van der Waals surface area (Å²) in [6, 6.07) is 12.2. The minimum atomic E-state index is -0.893. The first kappa shape index (κ1) is 19.7. The molecule has 2 aromatic carbocycles. The van der Waals surface area contributed by atoms with Gasteiger partial charge >= 0.3 is 5.69 Å². The van der Waals surface area contributed by atoms with Crippen LogP contribution in [-0.4, -0.2) is 33.7 Å². The Bertz CT molecular complexity index is 1090. The summed E-state index contributed by atoms with van der Waals surface area (Å²) < 4.78 is 6.10. The van der Waals surface area contributed by atoms with Crippen molar-refractivity contribution >= 4 is 17.5 Å². The zero-order valence-corrected chi connectivity index (χ0v) is 15.8. The van der Waals surface area contributed by atoms with Crippen molar-refractivity contribution < 1.29 is 14.3 Å². The molecule has 2 amide bonds. The number of hydrogen-bond donors (Lipinski definition) is 2. The molecule has 29 heavy (non-hydrogen) atoms. The van der Waals surface area contributed by atoms with Gasteiger partial charge in [-0.15, -0.1) is 0 Å². The van der Waals surface area contributed by atoms with Gasteiger partial charge in [-0.3, -0.25) is 9.59 Å². The van der Waals surface area contributed by atoms with Gasteiger partial charge in [0, 0.05) is 16.8 Å². The highest BCUT2D eigenvalue weighted by Gasteiger charge is 2.19. The quantitative estimate of drug-likeness (QED) is 0.655. The molecule has 1 atom stereocenters. The maximum atomic E-state index is 12.5. The van der Waals surface area contributed by atoms with Gasteiger partial charge in [-0.25, -0.2) is 9.48 Å². The zero-order chi connectivity index (χ0) is 21.0. The summed E-state index contributed by atoms with van der Waals surface area (Å²) in [5, 5.41) is 6.75. The van der Waals surface area contributed by atoms with Crippen molar-refractivity contribution in [3.8, 4) is 17.0 Å². The first-order valence-electron chi connectivity index (χ1n) is 8.70. The van der Waals surface area contributed by atoms with Crippen LogP contribution in [-0.2, 0) is 4.79 Å². The minimum absolute atomic E-state index is 0.326. The molecule has 1 aromatic heterocycles. The molecule has 0 saturated carbocycles. The lowest BCUT2D eigenvalue weighted by atomic mass is 10.1. The van der Waals surface area contributed by atoms with Crippen LogP contribution in [0.15, 0.2) is 59.5 Å². The van der Waals surface area contributed by atoms with Crippen molar-refractivity contribution in [2.75, 3.05) is 12.4 Å². The molecule has 1 unspecified atom stereocenters. The molecule has 1 heterocycles. The Morgan fingerprint density at radius 1 is 1.10 bits per heavy atom. The number of nitrogens with two attached hydrogens (primary N) is 1. The smallest absolute Gasteiger partial charge is 0.365 e. The van der Waals surface area contributed by atoms with Crippen LogP contribution in [0.25, 0.3) is 11.3 Å². The third-order valence-corrected chi connectivity index (χ3v) is 4.29. The van der Waals surface area contributed by atoms with Crippen LogP contribution in [0.5, 0.6) is 5.75 Å². The van der Waals surface area contributed by atoms with E-state index in [0.717, 1.165) is 4.68 Å². The summed E-state index contributed by atoms with van der Waals surface area (Å²) in [6.07, 6.45) is 1.43. The van der Waals surface area contributed by atoms with Gasteiger partial charge in [0.05, 0.1) is 19.0 Å². The number of benzene rings is 2. The van der Waals surface area contributed by atoms with Crippen LogP contribution < -0.4 is 21.5 Å². The van der Waals surface area contributed by atoms with E-state index in [1.54, 1.807) is 43.5 Å². The predicted molar refractivity (Wildman–Crippen MR) is 107 cm³/mol. The summed E-state index contributed by atoms with van der Waals surface area (Å²) >= 11 is 0. The van der Waals surface area contributed by atoms with Crippen molar-refractivity contribution in [1.29, 1.82) is 0 Å². The first-order chi connectivity index (χ1) is 13.9. The molecule has 3 aromatic rings. The van der Waals surface area contributed by atoms with Gasteiger partial charge in [-0.2, -0.15) is 10.1 Å². The van der Waals surface area contributed by atoms with Gasteiger partial charge in [0.1, 0.15) is 11.8 Å². The van der Waals surface area contributed by atoms with E-state index < -0.39 is 23.5 Å². The lowest BCUT2D eigenvalue weighted by Crippen LogP contribution is -2.34. The van der Waals surface area contributed by atoms with Crippen LogP contribution in [0, 0.1) is 0 Å². The van der Waals surface area contributed by atoms with Crippen LogP contribution in [0.2, 0.25) is 0 Å². The number of nitrogens with zero attached hydrogens (tertiary/aromatic N) is 3. The number of carbonyl (C=O) groups excluding carboxylic acids is 2. The summed E-state index contributed by atoms with van der Waals surface area (Å²) in [4.78, 5) is 40.0. The van der Waals surface area contributed by atoms with Gasteiger partial charge in [0.25, 0.3) is 0 Å². The molecule has 148 valence electrons. The fraction of sp³-hybridized carbons (Fsp3) is 0.150. The molecule has 0 radical (unpaired) electrons. The highest BCUT2D eigenvalue weighted by Crippen LogP contribution is 2.19. The number of carbonyl (C=O) groups is 2. The van der Waals surface area contributed by atoms with E-state index in [-0.39, 0.29) is 0 Å². The largest absolute Gasteiger partial charge is 0.497 e. The molecule has 9 heteroatoms. The Morgan fingerprint density at radius 2 is 1.76 bits per heavy atom. The van der Waals surface area contributed by atoms with E-state index in [2.05, 4.69) is 15.4 Å². The Kier molecular flexibility index (Phi) is 5.68. The monoisotopic (exact) mass is 393 g/mol. The Balaban J connectivity index is 1.75. The minimum Gasteiger partial charge on any atom is -0.497 e. The Labute approximate surface area is 166 Å². The third-order valence-electron chi connectivity index (χ3n) is 4.29. The fourth-order valence-electron chi connectivity index (χ4n) is 2.59. The number of rotatable bonds is 6. The molecule has 0 fully saturated rings. The number of amides is 2. The summed E-state index contributed by atoms with van der Waals surface area (Å²) in [6.45, 7) is 1.54. The highest BCUT2D eigenvalue weighted by atomic mass is 16.5. The number of anilines is 1. The molecule has 9 nitrogen and oxygen atoms in total. The van der Waals surface area contributed by atoms with Gasteiger partial charge in [0.15, 0.2) is 0 Å². The Hall–Kier alpha value is -4.01. The van der Waals surface area contributed by atoms with Crippen LogP contribution in [0.1, 0.15) is 23.3 Å². The molecule has 0 saturated heterocycles. The molecule has 0 spiro atoms. The van der Waals surface area contributed by atoms with Crippen molar-refractivity contribution in [3.05, 3.63) is 70.8 Å². The second-order valence-corrected chi connectivity index (χ2v) is 6.20. The van der Waals surface area contributed by atoms with Crippen molar-refractivity contribution in [3.63, 3.8) is 0 Å². The summed E-state index contributed by atoms with van der Waals surface area (Å²) in [5.74, 6) is -0.329. The van der Waals surface area contributed by atoms with Crippen molar-refractivity contribution in [1.82, 2.24) is 14.8 Å². The molecular formula is C20H19N5O4. The SMILES string of the molecule is COc1ccc(-c2cnn(C(C)C(=O)Nc3ccc(C(N)=O)cc3)c(=O)n2)cc1. The van der Waals surface area contributed by atoms with Crippen LogP contribution in [0.3, 0.4) is 0 Å². The Morgan fingerprint density at radius 3 is 2.31 bits per heavy atom. The lowest BCUT2D eigenvalue weighted by molar-refractivity contribution is -0.119. The standard InChI is InChI=1S/C20H19N5O4/c1-12(19(27)23-15-7-3-14(4-8-15)18(21)26)25-20(28)24-17(11-22-25)13-5-9-16(29-2)10-6-13/h3-12H,1-2H3,(H2,21,26)(H,23,27). The van der Waals surface area contributed by atoms with Crippen molar-refractivity contribution in [2.24, 2.45) is 5.73 Å². The van der Waals surface area contributed by atoms with E-state index in [4.69, 9.17) is 10.5 Å². The second-order valence-electron chi connectivity index (χ2n) is 6.20. The molecule has 0 aliphatic heterocycles. The van der Waals surface area contributed by atoms with E-state index >= 15 is 0 Å². The van der Waals surface area contributed by atoms with Crippen molar-refractivity contribution in [2.45, 2.75) is 13.0 Å². The zero-order valence-electron chi connectivity index (χ0n) is 15.8. The van der Waals surface area contributed by atoms with Crippen LogP contribution in [0.4, 0.5) is 5.69 Å². The van der Waals surface area contributed by atoms with E-state index in [9.17, 15) is 14.4 Å². The lowest BCUT2D eigenvalue weighted by Gasteiger charge is -2.14. The fourth-order valence-corrected chi connectivity index (χ4v) is 2.59. The maximum Gasteiger partial charge on any atom is 0.365 e. The number of methoxy groups -OCH3 is 1. The van der Waals surface area contributed by atoms with Gasteiger partial charge in [-0.1, -0.05) is 0 Å². The number of primary amides is 1. The van der Waals surface area contributed by atoms with Crippen LogP contribution >= 0.6 is 0 Å². The molecule has 3 rings (SSSR count). The maximum absolute atomic E-state index is 12.5. The van der Waals surface area contributed by atoms with E-state index in [0.29, 0.717) is 28.3 Å². The average Bonchev–Trinajstić information content (AvgIpc) is 2.73. The molecule has 0 aliphatic carbocycles. The normalized spacial score (nSPS) is 11.5. The third kappa shape index (κ3) is 4.46. The molecular weight excluding hydrogens is 374 g/mol.